The maximum Gasteiger partial charge on any atom is 0.198 e. The number of tetrazole rings is 1. The van der Waals surface area contributed by atoms with E-state index in [1.807, 2.05) is 0 Å². The molecule has 0 aliphatic heterocycles. The van der Waals surface area contributed by atoms with Gasteiger partial charge in [-0.05, 0) is 10.4 Å². The first-order valence-corrected chi connectivity index (χ1v) is 5.23. The molecule has 0 bridgehead atoms. The highest BCUT2D eigenvalue weighted by Crippen LogP contribution is 2.17. The first kappa shape index (κ1) is 10.3. The summed E-state index contributed by atoms with van der Waals surface area (Å²) in [5, 5.41) is 29.6. The number of rotatable bonds is 4. The molecule has 0 saturated heterocycles. The zero-order chi connectivity index (χ0) is 10.7. The van der Waals surface area contributed by atoms with Gasteiger partial charge >= 0.3 is 0 Å². The first-order valence-electron chi connectivity index (χ1n) is 4.25. The Hall–Kier alpha value is -1.25. The lowest BCUT2D eigenvalue weighted by atomic mass is 10.4. The number of nitrogens with zero attached hydrogens (tertiary/aromatic N) is 5. The number of aromatic nitrogens is 5. The average Bonchev–Trinajstić information content (AvgIpc) is 2.74. The highest BCUT2D eigenvalue weighted by atomic mass is 32.2. The van der Waals surface area contributed by atoms with E-state index in [1.165, 1.54) is 16.3 Å². The van der Waals surface area contributed by atoms with Gasteiger partial charge in [-0.2, -0.15) is 4.52 Å². The molecule has 1 unspecified atom stereocenters. The Morgan fingerprint density at radius 2 is 2.33 bits per heavy atom. The predicted octanol–water partition coefficient (Wildman–Crippen LogP) is -1.04. The molecule has 1 atom stereocenters. The van der Waals surface area contributed by atoms with E-state index in [9.17, 15) is 5.11 Å². The zero-order valence-corrected chi connectivity index (χ0v) is 8.50. The SMILES string of the molecule is OCC(O)CSc1cncc2nnnn12. The van der Waals surface area contributed by atoms with Crippen LogP contribution in [0.15, 0.2) is 17.4 Å². The Balaban J connectivity index is 2.17. The third kappa shape index (κ3) is 2.22. The van der Waals surface area contributed by atoms with Crippen molar-refractivity contribution in [1.82, 2.24) is 25.0 Å². The van der Waals surface area contributed by atoms with Crippen molar-refractivity contribution >= 4 is 17.4 Å². The van der Waals surface area contributed by atoms with Gasteiger partial charge in [-0.1, -0.05) is 0 Å². The van der Waals surface area contributed by atoms with Gasteiger partial charge in [0, 0.05) is 5.75 Å². The molecule has 0 amide bonds. The molecule has 0 aliphatic rings. The van der Waals surface area contributed by atoms with Gasteiger partial charge in [-0.25, -0.2) is 0 Å². The van der Waals surface area contributed by atoms with Gasteiger partial charge in [0.1, 0.15) is 5.03 Å². The molecule has 0 spiro atoms. The molecule has 0 aromatic carbocycles. The maximum absolute atomic E-state index is 9.19. The van der Waals surface area contributed by atoms with E-state index in [1.54, 1.807) is 12.4 Å². The summed E-state index contributed by atoms with van der Waals surface area (Å²) in [4.78, 5) is 3.96. The van der Waals surface area contributed by atoms with E-state index in [2.05, 4.69) is 20.5 Å². The van der Waals surface area contributed by atoms with Gasteiger partial charge < -0.3 is 10.2 Å². The Morgan fingerprint density at radius 3 is 3.13 bits per heavy atom. The summed E-state index contributed by atoms with van der Waals surface area (Å²) in [5.41, 5.74) is 0.554. The minimum atomic E-state index is -0.748. The molecule has 2 N–H and O–H groups in total. The third-order valence-electron chi connectivity index (χ3n) is 1.71. The lowest BCUT2D eigenvalue weighted by Crippen LogP contribution is -2.15. The van der Waals surface area contributed by atoms with Crippen LogP contribution in [0.1, 0.15) is 0 Å². The molecule has 2 rings (SSSR count). The quantitative estimate of drug-likeness (QED) is 0.644. The Labute approximate surface area is 89.1 Å². The van der Waals surface area contributed by atoms with Gasteiger partial charge in [0.15, 0.2) is 5.65 Å². The van der Waals surface area contributed by atoms with Crippen LogP contribution >= 0.6 is 11.8 Å². The number of hydrogen-bond acceptors (Lipinski definition) is 7. The Morgan fingerprint density at radius 1 is 1.47 bits per heavy atom. The summed E-state index contributed by atoms with van der Waals surface area (Å²) in [6.07, 6.45) is 2.41. The van der Waals surface area contributed by atoms with Crippen molar-refractivity contribution in [3.8, 4) is 0 Å². The summed E-state index contributed by atoms with van der Waals surface area (Å²) in [7, 11) is 0. The summed E-state index contributed by atoms with van der Waals surface area (Å²) >= 11 is 1.34. The highest BCUT2D eigenvalue weighted by Gasteiger charge is 2.07. The van der Waals surface area contributed by atoms with Crippen molar-refractivity contribution in [2.75, 3.05) is 12.4 Å². The van der Waals surface area contributed by atoms with Crippen molar-refractivity contribution < 1.29 is 10.2 Å². The minimum Gasteiger partial charge on any atom is -0.394 e. The normalized spacial score (nSPS) is 13.2. The van der Waals surface area contributed by atoms with Crippen LogP contribution in [0.4, 0.5) is 0 Å². The van der Waals surface area contributed by atoms with Crippen LogP contribution < -0.4 is 0 Å². The van der Waals surface area contributed by atoms with Gasteiger partial charge in [-0.3, -0.25) is 4.98 Å². The second-order valence-electron chi connectivity index (χ2n) is 2.84. The number of hydrogen-bond donors (Lipinski definition) is 2. The fourth-order valence-electron chi connectivity index (χ4n) is 0.987. The minimum absolute atomic E-state index is 0.258. The standard InChI is InChI=1S/C7H9N5O2S/c13-3-5(14)4-15-7-2-8-1-6-9-10-11-12(6)7/h1-2,5,13-14H,3-4H2. The summed E-state index contributed by atoms with van der Waals surface area (Å²) in [5.74, 6) is 0.372. The van der Waals surface area contributed by atoms with Crippen molar-refractivity contribution in [3.05, 3.63) is 12.4 Å². The van der Waals surface area contributed by atoms with E-state index < -0.39 is 6.10 Å². The van der Waals surface area contributed by atoms with Gasteiger partial charge in [0.25, 0.3) is 0 Å². The van der Waals surface area contributed by atoms with E-state index in [4.69, 9.17) is 5.11 Å². The van der Waals surface area contributed by atoms with E-state index in [0.717, 1.165) is 5.03 Å². The molecule has 0 aliphatic carbocycles. The van der Waals surface area contributed by atoms with Gasteiger partial charge in [0.05, 0.1) is 25.1 Å². The fraction of sp³-hybridized carbons (Fsp3) is 0.429. The molecule has 15 heavy (non-hydrogen) atoms. The lowest BCUT2D eigenvalue weighted by Gasteiger charge is -2.06. The Bertz CT molecular complexity index is 448. The molecule has 2 aromatic rings. The largest absolute Gasteiger partial charge is 0.394 e. The second kappa shape index (κ2) is 4.51. The number of aliphatic hydroxyl groups excluding tert-OH is 2. The molecule has 0 fully saturated rings. The molecule has 2 aromatic heterocycles. The van der Waals surface area contributed by atoms with Crippen molar-refractivity contribution in [2.45, 2.75) is 11.1 Å². The van der Waals surface area contributed by atoms with Gasteiger partial charge in [0.2, 0.25) is 0 Å². The van der Waals surface area contributed by atoms with E-state index in [-0.39, 0.29) is 6.61 Å². The van der Waals surface area contributed by atoms with Crippen LogP contribution in [-0.4, -0.2) is 53.7 Å². The molecular weight excluding hydrogens is 218 g/mol. The van der Waals surface area contributed by atoms with Crippen LogP contribution in [0.25, 0.3) is 5.65 Å². The van der Waals surface area contributed by atoms with E-state index in [0.29, 0.717) is 11.4 Å². The monoisotopic (exact) mass is 227 g/mol. The lowest BCUT2D eigenvalue weighted by molar-refractivity contribution is 0.113. The maximum atomic E-state index is 9.19. The topological polar surface area (TPSA) is 96.4 Å². The van der Waals surface area contributed by atoms with E-state index >= 15 is 0 Å². The van der Waals surface area contributed by atoms with Gasteiger partial charge in [-0.15, -0.1) is 16.9 Å². The van der Waals surface area contributed by atoms with Crippen LogP contribution in [0.5, 0.6) is 0 Å². The molecule has 8 heteroatoms. The molecule has 80 valence electrons. The molecule has 7 nitrogen and oxygen atoms in total. The van der Waals surface area contributed by atoms with Crippen molar-refractivity contribution in [1.29, 1.82) is 0 Å². The summed E-state index contributed by atoms with van der Waals surface area (Å²) in [6.45, 7) is -0.258. The van der Waals surface area contributed by atoms with Crippen LogP contribution in [0.3, 0.4) is 0 Å². The first-order chi connectivity index (χ1) is 7.31. The average molecular weight is 227 g/mol. The molecule has 0 radical (unpaired) electrons. The number of fused-ring (bicyclic) bond motifs is 1. The van der Waals surface area contributed by atoms with Crippen LogP contribution in [0.2, 0.25) is 0 Å². The predicted molar refractivity (Wildman–Crippen MR) is 52.4 cm³/mol. The second-order valence-corrected chi connectivity index (χ2v) is 3.88. The molecule has 2 heterocycles. The fourth-order valence-corrected chi connectivity index (χ4v) is 1.84. The zero-order valence-electron chi connectivity index (χ0n) is 7.69. The Kier molecular flexibility index (Phi) is 3.09. The van der Waals surface area contributed by atoms with Crippen LogP contribution in [0, 0.1) is 0 Å². The highest BCUT2D eigenvalue weighted by molar-refractivity contribution is 7.99. The molecule has 0 saturated carbocycles. The smallest absolute Gasteiger partial charge is 0.198 e. The number of thioether (sulfide) groups is 1. The van der Waals surface area contributed by atoms with Crippen LogP contribution in [-0.2, 0) is 0 Å². The number of aliphatic hydroxyl groups is 2. The summed E-state index contributed by atoms with van der Waals surface area (Å²) < 4.78 is 1.53. The van der Waals surface area contributed by atoms with Crippen molar-refractivity contribution in [3.63, 3.8) is 0 Å². The molecular formula is C7H9N5O2S. The third-order valence-corrected chi connectivity index (χ3v) is 2.84. The summed E-state index contributed by atoms with van der Waals surface area (Å²) in [6, 6.07) is 0. The van der Waals surface area contributed by atoms with Crippen molar-refractivity contribution in [2.24, 2.45) is 0 Å².